The summed E-state index contributed by atoms with van der Waals surface area (Å²) in [4.78, 5) is 17.5. The maximum atomic E-state index is 13.0. The normalized spacial score (nSPS) is 11.2. The van der Waals surface area contributed by atoms with Gasteiger partial charge in [0, 0.05) is 29.7 Å². The molecule has 31 heavy (non-hydrogen) atoms. The summed E-state index contributed by atoms with van der Waals surface area (Å²) >= 11 is 1.13. The van der Waals surface area contributed by atoms with Crippen LogP contribution in [0.2, 0.25) is 0 Å². The van der Waals surface area contributed by atoms with E-state index in [2.05, 4.69) is 16.9 Å². The van der Waals surface area contributed by atoms with Gasteiger partial charge < -0.3 is 11.1 Å². The molecule has 4 aromatic rings. The number of para-hydroxylation sites is 2. The van der Waals surface area contributed by atoms with Gasteiger partial charge in [-0.1, -0.05) is 24.8 Å². The SMILES string of the molecule is C=C(C(=O)Nc1ccccc1N)c1ccn(S(=O)(=O)c2ccc(-c3ccccn3)s2)c1. The van der Waals surface area contributed by atoms with Crippen LogP contribution >= 0.6 is 11.3 Å². The Labute approximate surface area is 183 Å². The van der Waals surface area contributed by atoms with Gasteiger partial charge in [0.1, 0.15) is 4.21 Å². The predicted octanol–water partition coefficient (Wildman–Crippen LogP) is 4.08. The van der Waals surface area contributed by atoms with Crippen molar-refractivity contribution in [1.82, 2.24) is 8.96 Å². The second-order valence-electron chi connectivity index (χ2n) is 6.59. The van der Waals surface area contributed by atoms with Gasteiger partial charge in [-0.05, 0) is 42.5 Å². The minimum Gasteiger partial charge on any atom is -0.397 e. The number of pyridine rings is 1. The number of aromatic nitrogens is 2. The maximum Gasteiger partial charge on any atom is 0.277 e. The number of benzene rings is 1. The number of rotatable bonds is 6. The molecule has 0 aliphatic heterocycles. The zero-order chi connectivity index (χ0) is 22.0. The van der Waals surface area contributed by atoms with Crippen LogP contribution in [-0.4, -0.2) is 23.3 Å². The number of hydrogen-bond acceptors (Lipinski definition) is 6. The number of nitrogens with one attached hydrogen (secondary N) is 1. The van der Waals surface area contributed by atoms with E-state index in [4.69, 9.17) is 5.73 Å². The minimum absolute atomic E-state index is 0.123. The fraction of sp³-hybridized carbons (Fsp3) is 0. The molecule has 9 heteroatoms. The van der Waals surface area contributed by atoms with Crippen molar-refractivity contribution in [2.75, 3.05) is 11.1 Å². The van der Waals surface area contributed by atoms with Gasteiger partial charge in [-0.15, -0.1) is 11.3 Å². The molecular weight excluding hydrogens is 432 g/mol. The summed E-state index contributed by atoms with van der Waals surface area (Å²) in [7, 11) is -3.82. The molecule has 7 nitrogen and oxygen atoms in total. The molecule has 0 atom stereocenters. The van der Waals surface area contributed by atoms with Crippen molar-refractivity contribution >= 4 is 44.2 Å². The van der Waals surface area contributed by atoms with Crippen LogP contribution in [0.4, 0.5) is 11.4 Å². The van der Waals surface area contributed by atoms with E-state index in [0.717, 1.165) is 20.2 Å². The average molecular weight is 451 g/mol. The quantitative estimate of drug-likeness (QED) is 0.340. The van der Waals surface area contributed by atoms with E-state index in [1.165, 1.54) is 18.5 Å². The third-order valence-electron chi connectivity index (χ3n) is 4.53. The molecule has 0 radical (unpaired) electrons. The number of nitrogens with two attached hydrogens (primary N) is 1. The summed E-state index contributed by atoms with van der Waals surface area (Å²) in [6.07, 6.45) is 4.41. The molecule has 0 aliphatic rings. The number of hydrogen-bond donors (Lipinski definition) is 2. The highest BCUT2D eigenvalue weighted by atomic mass is 32.2. The Bertz CT molecular complexity index is 1370. The van der Waals surface area contributed by atoms with Crippen LogP contribution in [-0.2, 0) is 14.8 Å². The molecule has 0 saturated carbocycles. The van der Waals surface area contributed by atoms with Gasteiger partial charge in [-0.3, -0.25) is 9.78 Å². The van der Waals surface area contributed by atoms with Crippen LogP contribution in [0.15, 0.2) is 90.0 Å². The molecule has 0 aliphatic carbocycles. The second-order valence-corrected chi connectivity index (χ2v) is 9.74. The first-order valence-corrected chi connectivity index (χ1v) is 11.4. The van der Waals surface area contributed by atoms with Crippen molar-refractivity contribution in [3.63, 3.8) is 0 Å². The number of carbonyl (C=O) groups is 1. The molecule has 0 fully saturated rings. The Balaban J connectivity index is 1.55. The summed E-state index contributed by atoms with van der Waals surface area (Å²) in [5, 5.41) is 2.68. The maximum absolute atomic E-state index is 13.0. The molecule has 3 N–H and O–H groups in total. The fourth-order valence-corrected chi connectivity index (χ4v) is 5.44. The Morgan fingerprint density at radius 1 is 1.06 bits per heavy atom. The van der Waals surface area contributed by atoms with E-state index in [0.29, 0.717) is 22.6 Å². The number of nitrogen functional groups attached to an aromatic ring is 1. The van der Waals surface area contributed by atoms with Crippen LogP contribution < -0.4 is 11.1 Å². The number of nitrogens with zero attached hydrogens (tertiary/aromatic N) is 2. The standard InChI is InChI=1S/C22H18N4O3S2/c1-15(22(27)25-18-7-3-2-6-17(18)23)16-11-13-26(14-16)31(28,29)21-10-9-20(30-21)19-8-4-5-12-24-19/h2-14H,1,23H2,(H,25,27). The van der Waals surface area contributed by atoms with Gasteiger partial charge in [0.25, 0.3) is 15.9 Å². The van der Waals surface area contributed by atoms with Crippen molar-refractivity contribution in [2.45, 2.75) is 4.21 Å². The van der Waals surface area contributed by atoms with Crippen molar-refractivity contribution in [2.24, 2.45) is 0 Å². The van der Waals surface area contributed by atoms with Crippen molar-refractivity contribution in [1.29, 1.82) is 0 Å². The molecule has 0 unspecified atom stereocenters. The smallest absolute Gasteiger partial charge is 0.277 e. The third-order valence-corrected chi connectivity index (χ3v) is 7.74. The summed E-state index contributed by atoms with van der Waals surface area (Å²) < 4.78 is 27.3. The fourth-order valence-electron chi connectivity index (χ4n) is 2.85. The predicted molar refractivity (Wildman–Crippen MR) is 123 cm³/mol. The molecule has 1 amide bonds. The summed E-state index contributed by atoms with van der Waals surface area (Å²) in [6, 6.07) is 17.1. The van der Waals surface area contributed by atoms with Crippen molar-refractivity contribution < 1.29 is 13.2 Å². The van der Waals surface area contributed by atoms with E-state index in [1.807, 2.05) is 12.1 Å². The zero-order valence-corrected chi connectivity index (χ0v) is 17.9. The lowest BCUT2D eigenvalue weighted by Crippen LogP contribution is -2.14. The van der Waals surface area contributed by atoms with Crippen LogP contribution in [0.25, 0.3) is 16.1 Å². The Morgan fingerprint density at radius 3 is 2.58 bits per heavy atom. The lowest BCUT2D eigenvalue weighted by Gasteiger charge is -2.09. The number of amides is 1. The van der Waals surface area contributed by atoms with Gasteiger partial charge in [-0.25, -0.2) is 3.97 Å². The monoisotopic (exact) mass is 450 g/mol. The van der Waals surface area contributed by atoms with E-state index < -0.39 is 15.9 Å². The van der Waals surface area contributed by atoms with Crippen molar-refractivity contribution in [3.8, 4) is 10.6 Å². The zero-order valence-electron chi connectivity index (χ0n) is 16.2. The van der Waals surface area contributed by atoms with Gasteiger partial charge in [0.2, 0.25) is 0 Å². The van der Waals surface area contributed by atoms with Gasteiger partial charge in [0.15, 0.2) is 0 Å². The van der Waals surface area contributed by atoms with Gasteiger partial charge in [0.05, 0.1) is 21.9 Å². The molecule has 3 heterocycles. The average Bonchev–Trinajstić information content (AvgIpc) is 3.46. The summed E-state index contributed by atoms with van der Waals surface area (Å²) in [5.41, 5.74) is 7.94. The molecule has 0 bridgehead atoms. The first kappa shape index (κ1) is 20.6. The lowest BCUT2D eigenvalue weighted by atomic mass is 10.1. The number of thiophene rings is 1. The molecule has 3 aromatic heterocycles. The van der Waals surface area contributed by atoms with Crippen molar-refractivity contribution in [3.05, 3.63) is 91.4 Å². The van der Waals surface area contributed by atoms with Crippen LogP contribution in [0, 0.1) is 0 Å². The highest BCUT2D eigenvalue weighted by Gasteiger charge is 2.21. The summed E-state index contributed by atoms with van der Waals surface area (Å²) in [6.45, 7) is 3.80. The Kier molecular flexibility index (Phi) is 5.45. The van der Waals surface area contributed by atoms with E-state index in [1.54, 1.807) is 48.7 Å². The van der Waals surface area contributed by atoms with E-state index in [-0.39, 0.29) is 9.78 Å². The first-order chi connectivity index (χ1) is 14.9. The number of carbonyl (C=O) groups excluding carboxylic acids is 1. The van der Waals surface area contributed by atoms with E-state index >= 15 is 0 Å². The lowest BCUT2D eigenvalue weighted by molar-refractivity contribution is -0.111. The molecule has 1 aromatic carbocycles. The van der Waals surface area contributed by atoms with Gasteiger partial charge >= 0.3 is 0 Å². The molecule has 156 valence electrons. The highest BCUT2D eigenvalue weighted by Crippen LogP contribution is 2.31. The summed E-state index contributed by atoms with van der Waals surface area (Å²) in [5.74, 6) is -0.471. The largest absolute Gasteiger partial charge is 0.397 e. The van der Waals surface area contributed by atoms with Gasteiger partial charge in [-0.2, -0.15) is 8.42 Å². The van der Waals surface area contributed by atoms with E-state index in [9.17, 15) is 13.2 Å². The minimum atomic E-state index is -3.82. The molecular formula is C22H18N4O3S2. The first-order valence-electron chi connectivity index (χ1n) is 9.16. The van der Waals surface area contributed by atoms with Crippen LogP contribution in [0.3, 0.4) is 0 Å². The van der Waals surface area contributed by atoms with Crippen LogP contribution in [0.5, 0.6) is 0 Å². The molecule has 0 saturated heterocycles. The Morgan fingerprint density at radius 2 is 1.84 bits per heavy atom. The molecule has 0 spiro atoms. The Hall–Kier alpha value is -3.69. The highest BCUT2D eigenvalue weighted by molar-refractivity contribution is 7.92. The third kappa shape index (κ3) is 4.14. The topological polar surface area (TPSA) is 107 Å². The molecule has 4 rings (SSSR count). The second kappa shape index (κ2) is 8.21. The number of anilines is 2. The van der Waals surface area contributed by atoms with Crippen LogP contribution in [0.1, 0.15) is 5.56 Å².